The van der Waals surface area contributed by atoms with Crippen molar-refractivity contribution >= 4 is 0 Å². The van der Waals surface area contributed by atoms with E-state index < -0.39 is 0 Å². The van der Waals surface area contributed by atoms with Gasteiger partial charge in [0, 0.05) is 0 Å². The zero-order chi connectivity index (χ0) is 15.3. The quantitative estimate of drug-likeness (QED) is 0.358. The van der Waals surface area contributed by atoms with Gasteiger partial charge in [0.15, 0.2) is 0 Å². The Labute approximate surface area is 132 Å². The number of H-pyrrole nitrogens is 1. The maximum Gasteiger partial charge on any atom is 0.257 e. The second kappa shape index (κ2) is 11.8. The third-order valence-electron chi connectivity index (χ3n) is 4.69. The van der Waals surface area contributed by atoms with E-state index in [0.29, 0.717) is 5.92 Å². The van der Waals surface area contributed by atoms with E-state index in [0.717, 1.165) is 0 Å². The minimum absolute atomic E-state index is 0.707. The van der Waals surface area contributed by atoms with Gasteiger partial charge in [-0.05, 0) is 12.8 Å². The van der Waals surface area contributed by atoms with E-state index in [1.54, 1.807) is 0 Å². The van der Waals surface area contributed by atoms with Gasteiger partial charge in [-0.3, -0.25) is 0 Å². The maximum atomic E-state index is 3.40. The Morgan fingerprint density at radius 1 is 0.905 bits per heavy atom. The lowest BCUT2D eigenvalue weighted by Gasteiger charge is -2.10. The highest BCUT2D eigenvalue weighted by Gasteiger charge is 2.18. The van der Waals surface area contributed by atoms with Crippen LogP contribution >= 0.6 is 0 Å². The van der Waals surface area contributed by atoms with Crippen LogP contribution in [0.1, 0.15) is 103 Å². The van der Waals surface area contributed by atoms with Crippen molar-refractivity contribution in [2.24, 2.45) is 7.05 Å². The van der Waals surface area contributed by atoms with E-state index in [1.807, 2.05) is 0 Å². The Hall–Kier alpha value is -0.790. The van der Waals surface area contributed by atoms with Crippen molar-refractivity contribution < 1.29 is 4.57 Å². The fourth-order valence-corrected chi connectivity index (χ4v) is 3.23. The summed E-state index contributed by atoms with van der Waals surface area (Å²) in [6.07, 6.45) is 21.0. The third-order valence-corrected chi connectivity index (χ3v) is 4.69. The summed E-state index contributed by atoms with van der Waals surface area (Å²) in [6, 6.07) is 0. The molecule has 0 saturated heterocycles. The van der Waals surface area contributed by atoms with Crippen molar-refractivity contribution in [2.45, 2.75) is 96.8 Å². The van der Waals surface area contributed by atoms with E-state index in [-0.39, 0.29) is 0 Å². The molecule has 1 atom stereocenters. The van der Waals surface area contributed by atoms with Crippen molar-refractivity contribution in [3.63, 3.8) is 0 Å². The first-order valence-corrected chi connectivity index (χ1v) is 9.32. The Morgan fingerprint density at radius 3 is 1.95 bits per heavy atom. The van der Waals surface area contributed by atoms with Gasteiger partial charge < -0.3 is 0 Å². The molecule has 0 amide bonds. The highest BCUT2D eigenvalue weighted by molar-refractivity contribution is 4.88. The number of rotatable bonds is 13. The number of imidazole rings is 1. The van der Waals surface area contributed by atoms with Crippen LogP contribution in [0.25, 0.3) is 0 Å². The molecule has 0 bridgehead atoms. The number of aromatic amines is 1. The van der Waals surface area contributed by atoms with Crippen molar-refractivity contribution in [3.8, 4) is 0 Å². The molecule has 1 rings (SSSR count). The molecule has 0 aromatic carbocycles. The van der Waals surface area contributed by atoms with Crippen LogP contribution in [0.15, 0.2) is 12.4 Å². The summed E-state index contributed by atoms with van der Waals surface area (Å²) in [5.74, 6) is 2.10. The van der Waals surface area contributed by atoms with Gasteiger partial charge in [0.1, 0.15) is 12.4 Å². The minimum Gasteiger partial charge on any atom is -0.247 e. The smallest absolute Gasteiger partial charge is 0.247 e. The second-order valence-corrected chi connectivity index (χ2v) is 6.53. The van der Waals surface area contributed by atoms with Crippen LogP contribution in [0, 0.1) is 0 Å². The van der Waals surface area contributed by atoms with Crippen LogP contribution in [0.3, 0.4) is 0 Å². The van der Waals surface area contributed by atoms with Gasteiger partial charge in [0.25, 0.3) is 5.82 Å². The summed E-state index contributed by atoms with van der Waals surface area (Å²) >= 11 is 0. The number of hydrogen-bond acceptors (Lipinski definition) is 0. The van der Waals surface area contributed by atoms with Crippen LogP contribution in [-0.2, 0) is 7.05 Å². The van der Waals surface area contributed by atoms with Gasteiger partial charge in [-0.1, -0.05) is 78.1 Å². The molecule has 0 aliphatic rings. The molecule has 0 saturated carbocycles. The van der Waals surface area contributed by atoms with Crippen LogP contribution in [-0.4, -0.2) is 4.98 Å². The number of unbranched alkanes of at least 4 members (excludes halogenated alkanes) is 9. The fraction of sp³-hybridized carbons (Fsp3) is 0.842. The van der Waals surface area contributed by atoms with E-state index >= 15 is 0 Å². The van der Waals surface area contributed by atoms with Crippen molar-refractivity contribution in [1.82, 2.24) is 4.98 Å². The molecule has 2 nitrogen and oxygen atoms in total. The zero-order valence-electron chi connectivity index (χ0n) is 14.7. The van der Waals surface area contributed by atoms with E-state index in [9.17, 15) is 0 Å². The van der Waals surface area contributed by atoms with Crippen molar-refractivity contribution in [3.05, 3.63) is 18.2 Å². The van der Waals surface area contributed by atoms with Gasteiger partial charge in [-0.2, -0.15) is 0 Å². The number of hydrogen-bond donors (Lipinski definition) is 1. The summed E-state index contributed by atoms with van der Waals surface area (Å²) in [5, 5.41) is 0. The lowest BCUT2D eigenvalue weighted by atomic mass is 9.97. The Morgan fingerprint density at radius 2 is 1.48 bits per heavy atom. The molecule has 2 heteroatoms. The number of aromatic nitrogens is 2. The molecule has 122 valence electrons. The first-order chi connectivity index (χ1) is 10.3. The van der Waals surface area contributed by atoms with Crippen LogP contribution in [0.4, 0.5) is 0 Å². The molecule has 1 N–H and O–H groups in total. The molecule has 21 heavy (non-hydrogen) atoms. The molecular weight excluding hydrogens is 256 g/mol. The molecular formula is C19H37N2+. The minimum atomic E-state index is 0.707. The number of aryl methyl sites for hydroxylation is 1. The van der Waals surface area contributed by atoms with Crippen LogP contribution in [0.2, 0.25) is 0 Å². The predicted octanol–water partition coefficient (Wildman–Crippen LogP) is 5.64. The first kappa shape index (κ1) is 18.3. The van der Waals surface area contributed by atoms with Gasteiger partial charge in [-0.25, -0.2) is 9.55 Å². The lowest BCUT2D eigenvalue weighted by Crippen LogP contribution is -2.32. The average Bonchev–Trinajstić information content (AvgIpc) is 2.91. The number of nitrogens with zero attached hydrogens (tertiary/aromatic N) is 1. The molecule has 0 fully saturated rings. The largest absolute Gasteiger partial charge is 0.257 e. The van der Waals surface area contributed by atoms with Gasteiger partial charge in [0.2, 0.25) is 0 Å². The van der Waals surface area contributed by atoms with Crippen LogP contribution in [0.5, 0.6) is 0 Å². The summed E-state index contributed by atoms with van der Waals surface area (Å²) < 4.78 is 2.24. The van der Waals surface area contributed by atoms with Gasteiger partial charge in [0.05, 0.1) is 13.0 Å². The Bertz CT molecular complexity index is 343. The standard InChI is InChI=1S/C19H36N2/c1-4-6-7-8-9-10-11-12-13-14-15-18(5-2)19-20-16-17-21(19)3/h16-18H,4-15H2,1-3H3/p+1/t18-/m0/s1. The van der Waals surface area contributed by atoms with Crippen molar-refractivity contribution in [1.29, 1.82) is 0 Å². The van der Waals surface area contributed by atoms with E-state index in [2.05, 4.69) is 42.8 Å². The topological polar surface area (TPSA) is 19.7 Å². The normalized spacial score (nSPS) is 12.7. The van der Waals surface area contributed by atoms with Crippen LogP contribution < -0.4 is 4.57 Å². The molecule has 1 heterocycles. The zero-order valence-corrected chi connectivity index (χ0v) is 14.7. The molecule has 0 unspecified atom stereocenters. The molecule has 0 radical (unpaired) electrons. The SMILES string of the molecule is CCCCCCCCCCCC[C@H](CC)c1[nH]cc[n+]1C. The average molecular weight is 294 g/mol. The maximum absolute atomic E-state index is 3.40. The molecule has 1 aromatic rings. The molecule has 0 aliphatic carbocycles. The Kier molecular flexibility index (Phi) is 10.3. The monoisotopic (exact) mass is 293 g/mol. The highest BCUT2D eigenvalue weighted by Crippen LogP contribution is 2.22. The van der Waals surface area contributed by atoms with Crippen molar-refractivity contribution in [2.75, 3.05) is 0 Å². The van der Waals surface area contributed by atoms with Gasteiger partial charge >= 0.3 is 0 Å². The highest BCUT2D eigenvalue weighted by atomic mass is 15.0. The Balaban J connectivity index is 1.99. The summed E-state index contributed by atoms with van der Waals surface area (Å²) in [5.41, 5.74) is 0. The number of nitrogens with one attached hydrogen (secondary N) is 1. The first-order valence-electron chi connectivity index (χ1n) is 9.32. The lowest BCUT2D eigenvalue weighted by molar-refractivity contribution is -0.679. The fourth-order valence-electron chi connectivity index (χ4n) is 3.23. The molecule has 0 spiro atoms. The van der Waals surface area contributed by atoms with E-state index in [4.69, 9.17) is 0 Å². The third kappa shape index (κ3) is 7.68. The van der Waals surface area contributed by atoms with Gasteiger partial charge in [-0.15, -0.1) is 0 Å². The summed E-state index contributed by atoms with van der Waals surface area (Å²) in [4.78, 5) is 3.40. The summed E-state index contributed by atoms with van der Waals surface area (Å²) in [6.45, 7) is 4.60. The van der Waals surface area contributed by atoms with E-state index in [1.165, 1.54) is 82.9 Å². The second-order valence-electron chi connectivity index (χ2n) is 6.53. The predicted molar refractivity (Wildman–Crippen MR) is 91.5 cm³/mol. The molecule has 1 aromatic heterocycles. The summed E-state index contributed by atoms with van der Waals surface area (Å²) in [7, 11) is 2.15. The molecule has 0 aliphatic heterocycles.